The van der Waals surface area contributed by atoms with E-state index in [1.165, 1.54) is 0 Å². The van der Waals surface area contributed by atoms with Crippen LogP contribution in [0.15, 0.2) is 36.4 Å². The predicted octanol–water partition coefficient (Wildman–Crippen LogP) is 3.37. The van der Waals surface area contributed by atoms with Gasteiger partial charge in [0.25, 0.3) is 0 Å². The monoisotopic (exact) mass is 290 g/mol. The maximum atomic E-state index is 10.6. The first-order valence-electron chi connectivity index (χ1n) is 6.46. The summed E-state index contributed by atoms with van der Waals surface area (Å²) < 4.78 is 10.7. The number of halogens is 1. The summed E-state index contributed by atoms with van der Waals surface area (Å²) in [5.41, 5.74) is 2.56. The molecule has 0 radical (unpaired) electrons. The predicted molar refractivity (Wildman–Crippen MR) is 77.7 cm³/mol. The van der Waals surface area contributed by atoms with E-state index in [1.54, 1.807) is 13.2 Å². The van der Waals surface area contributed by atoms with Crippen LogP contribution in [0.3, 0.4) is 0 Å². The quantitative estimate of drug-likeness (QED) is 0.942. The molecule has 20 heavy (non-hydrogen) atoms. The van der Waals surface area contributed by atoms with Gasteiger partial charge in [-0.05, 0) is 35.4 Å². The van der Waals surface area contributed by atoms with Crippen LogP contribution < -0.4 is 9.47 Å². The molecule has 1 N–H and O–H groups in total. The van der Waals surface area contributed by atoms with E-state index in [0.717, 1.165) is 34.6 Å². The van der Waals surface area contributed by atoms with E-state index in [2.05, 4.69) is 0 Å². The van der Waals surface area contributed by atoms with Crippen molar-refractivity contribution in [2.45, 2.75) is 12.5 Å². The molecule has 2 aromatic rings. The normalized spacial score (nSPS) is 14.6. The Bertz CT molecular complexity index is 622. The molecule has 0 aliphatic carbocycles. The van der Waals surface area contributed by atoms with Crippen molar-refractivity contribution in [3.63, 3.8) is 0 Å². The number of rotatable bonds is 3. The van der Waals surface area contributed by atoms with E-state index in [0.29, 0.717) is 11.6 Å². The molecule has 1 heterocycles. The van der Waals surface area contributed by atoms with Crippen molar-refractivity contribution in [1.82, 2.24) is 0 Å². The van der Waals surface area contributed by atoms with Crippen LogP contribution in [0.5, 0.6) is 11.5 Å². The molecule has 1 aliphatic heterocycles. The number of benzene rings is 2. The smallest absolute Gasteiger partial charge is 0.128 e. The second kappa shape index (κ2) is 5.35. The second-order valence-electron chi connectivity index (χ2n) is 4.76. The highest BCUT2D eigenvalue weighted by Crippen LogP contribution is 2.38. The highest BCUT2D eigenvalue weighted by molar-refractivity contribution is 6.30. The van der Waals surface area contributed by atoms with Crippen molar-refractivity contribution in [3.05, 3.63) is 58.1 Å². The zero-order valence-corrected chi connectivity index (χ0v) is 11.9. The molecule has 4 heteroatoms. The summed E-state index contributed by atoms with van der Waals surface area (Å²) in [7, 11) is 1.61. The van der Waals surface area contributed by atoms with E-state index in [9.17, 15) is 5.11 Å². The van der Waals surface area contributed by atoms with Crippen molar-refractivity contribution in [2.75, 3.05) is 13.7 Å². The average molecular weight is 291 g/mol. The maximum absolute atomic E-state index is 10.6. The minimum Gasteiger partial charge on any atom is -0.497 e. The highest BCUT2D eigenvalue weighted by atomic mass is 35.5. The van der Waals surface area contributed by atoms with E-state index in [-0.39, 0.29) is 0 Å². The van der Waals surface area contributed by atoms with Gasteiger partial charge in [-0.25, -0.2) is 0 Å². The molecule has 0 fully saturated rings. The van der Waals surface area contributed by atoms with Crippen LogP contribution in [-0.2, 0) is 6.42 Å². The lowest BCUT2D eigenvalue weighted by Gasteiger charge is -2.16. The Kier molecular flexibility index (Phi) is 3.55. The molecule has 0 saturated carbocycles. The van der Waals surface area contributed by atoms with Gasteiger partial charge in [-0.2, -0.15) is 0 Å². The zero-order valence-electron chi connectivity index (χ0n) is 11.1. The molecule has 1 atom stereocenters. The largest absolute Gasteiger partial charge is 0.497 e. The molecule has 2 aromatic carbocycles. The van der Waals surface area contributed by atoms with Crippen LogP contribution in [0.4, 0.5) is 0 Å². The zero-order chi connectivity index (χ0) is 14.1. The molecular weight excluding hydrogens is 276 g/mol. The van der Waals surface area contributed by atoms with Gasteiger partial charge >= 0.3 is 0 Å². The number of aliphatic hydroxyl groups is 1. The summed E-state index contributed by atoms with van der Waals surface area (Å²) in [4.78, 5) is 0. The third-order valence-electron chi connectivity index (χ3n) is 3.50. The molecule has 0 spiro atoms. The third kappa shape index (κ3) is 2.35. The molecule has 0 amide bonds. The molecule has 1 unspecified atom stereocenters. The van der Waals surface area contributed by atoms with Crippen LogP contribution >= 0.6 is 11.6 Å². The van der Waals surface area contributed by atoms with Crippen molar-refractivity contribution in [2.24, 2.45) is 0 Å². The van der Waals surface area contributed by atoms with Crippen molar-refractivity contribution in [1.29, 1.82) is 0 Å². The fourth-order valence-electron chi connectivity index (χ4n) is 2.47. The summed E-state index contributed by atoms with van der Waals surface area (Å²) in [6, 6.07) is 11.0. The number of hydrogen-bond donors (Lipinski definition) is 1. The van der Waals surface area contributed by atoms with Gasteiger partial charge in [-0.1, -0.05) is 23.7 Å². The van der Waals surface area contributed by atoms with Crippen molar-refractivity contribution < 1.29 is 14.6 Å². The number of ether oxygens (including phenoxy) is 2. The van der Waals surface area contributed by atoms with Crippen LogP contribution in [-0.4, -0.2) is 18.8 Å². The maximum Gasteiger partial charge on any atom is 0.128 e. The molecular formula is C16H15ClO3. The topological polar surface area (TPSA) is 38.7 Å². The van der Waals surface area contributed by atoms with Gasteiger partial charge in [-0.3, -0.25) is 0 Å². The van der Waals surface area contributed by atoms with Crippen LogP contribution in [0, 0.1) is 0 Å². The van der Waals surface area contributed by atoms with Crippen LogP contribution in [0.1, 0.15) is 22.8 Å². The lowest BCUT2D eigenvalue weighted by Crippen LogP contribution is -2.02. The Morgan fingerprint density at radius 3 is 2.70 bits per heavy atom. The SMILES string of the molecule is COc1ccc(C(O)c2cc(Cl)cc3c2OCC3)cc1. The number of hydrogen-bond acceptors (Lipinski definition) is 3. The summed E-state index contributed by atoms with van der Waals surface area (Å²) in [5, 5.41) is 11.2. The molecule has 0 bridgehead atoms. The van der Waals surface area contributed by atoms with Gasteiger partial charge in [0, 0.05) is 17.0 Å². The van der Waals surface area contributed by atoms with Gasteiger partial charge in [0.05, 0.1) is 13.7 Å². The van der Waals surface area contributed by atoms with Gasteiger partial charge < -0.3 is 14.6 Å². The molecule has 104 valence electrons. The fourth-order valence-corrected chi connectivity index (χ4v) is 2.72. The van der Waals surface area contributed by atoms with E-state index in [4.69, 9.17) is 21.1 Å². The minimum absolute atomic E-state index is 0.622. The average Bonchev–Trinajstić information content (AvgIpc) is 2.94. The Hall–Kier alpha value is -1.71. The Labute approximate surface area is 122 Å². The third-order valence-corrected chi connectivity index (χ3v) is 3.72. The Morgan fingerprint density at radius 2 is 2.00 bits per heavy atom. The summed E-state index contributed by atoms with van der Waals surface area (Å²) >= 11 is 6.12. The minimum atomic E-state index is -0.758. The fraction of sp³-hybridized carbons (Fsp3) is 0.250. The Balaban J connectivity index is 1.99. The lowest BCUT2D eigenvalue weighted by atomic mass is 9.98. The number of fused-ring (bicyclic) bond motifs is 1. The van der Waals surface area contributed by atoms with E-state index >= 15 is 0 Å². The van der Waals surface area contributed by atoms with Crippen molar-refractivity contribution in [3.8, 4) is 11.5 Å². The van der Waals surface area contributed by atoms with E-state index < -0.39 is 6.10 Å². The van der Waals surface area contributed by atoms with Crippen LogP contribution in [0.25, 0.3) is 0 Å². The molecule has 0 aromatic heterocycles. The van der Waals surface area contributed by atoms with Gasteiger partial charge in [0.1, 0.15) is 17.6 Å². The number of aliphatic hydroxyl groups excluding tert-OH is 1. The first kappa shape index (κ1) is 13.3. The second-order valence-corrected chi connectivity index (χ2v) is 5.19. The van der Waals surface area contributed by atoms with Gasteiger partial charge in [-0.15, -0.1) is 0 Å². The van der Waals surface area contributed by atoms with Gasteiger partial charge in [0.2, 0.25) is 0 Å². The van der Waals surface area contributed by atoms with Crippen molar-refractivity contribution >= 4 is 11.6 Å². The standard InChI is InChI=1S/C16H15ClO3/c1-19-13-4-2-10(3-5-13)15(18)14-9-12(17)8-11-6-7-20-16(11)14/h2-5,8-9,15,18H,6-7H2,1H3. The molecule has 3 nitrogen and oxygen atoms in total. The summed E-state index contributed by atoms with van der Waals surface area (Å²) in [6.07, 6.45) is 0.0737. The number of methoxy groups -OCH3 is 1. The summed E-state index contributed by atoms with van der Waals surface area (Å²) in [6.45, 7) is 0.637. The Morgan fingerprint density at radius 1 is 1.25 bits per heavy atom. The van der Waals surface area contributed by atoms with Gasteiger partial charge in [0.15, 0.2) is 0 Å². The molecule has 0 saturated heterocycles. The van der Waals surface area contributed by atoms with E-state index in [1.807, 2.05) is 30.3 Å². The summed E-state index contributed by atoms with van der Waals surface area (Å²) in [5.74, 6) is 1.52. The molecule has 1 aliphatic rings. The first-order chi connectivity index (χ1) is 9.69. The molecule has 3 rings (SSSR count). The first-order valence-corrected chi connectivity index (χ1v) is 6.84. The lowest BCUT2D eigenvalue weighted by molar-refractivity contribution is 0.213. The van der Waals surface area contributed by atoms with Crippen LogP contribution in [0.2, 0.25) is 5.02 Å². The highest BCUT2D eigenvalue weighted by Gasteiger charge is 2.23.